The molecule has 2 fully saturated rings. The molecule has 1 N–H and O–H groups in total. The van der Waals surface area contributed by atoms with Crippen LogP contribution in [-0.2, 0) is 4.79 Å². The molecule has 0 heterocycles. The second-order valence-corrected chi connectivity index (χ2v) is 6.02. The Balaban J connectivity index is 1.59. The molecule has 0 aromatic heterocycles. The van der Waals surface area contributed by atoms with Gasteiger partial charge in [0.25, 0.3) is 0 Å². The Morgan fingerprint density at radius 1 is 1.21 bits per heavy atom. The standard InChI is InChI=1S/C11H18BrNO/c12-10-4-3-9(5-10)7-13-11(14)6-8-1-2-8/h8-10H,1-7H2,(H,13,14). The van der Waals surface area contributed by atoms with Gasteiger partial charge in [-0.1, -0.05) is 15.9 Å². The minimum absolute atomic E-state index is 0.269. The van der Waals surface area contributed by atoms with Crippen molar-refractivity contribution in [2.75, 3.05) is 6.54 Å². The molecule has 2 aliphatic carbocycles. The van der Waals surface area contributed by atoms with E-state index in [9.17, 15) is 4.79 Å². The molecule has 0 spiro atoms. The lowest BCUT2D eigenvalue weighted by Crippen LogP contribution is -2.28. The van der Waals surface area contributed by atoms with E-state index < -0.39 is 0 Å². The van der Waals surface area contributed by atoms with Crippen LogP contribution < -0.4 is 5.32 Å². The molecule has 2 saturated carbocycles. The van der Waals surface area contributed by atoms with Gasteiger partial charge in [0.15, 0.2) is 0 Å². The first kappa shape index (κ1) is 10.5. The third-order valence-corrected chi connectivity index (χ3v) is 4.07. The average molecular weight is 260 g/mol. The number of alkyl halides is 1. The van der Waals surface area contributed by atoms with Crippen LogP contribution in [-0.4, -0.2) is 17.3 Å². The number of nitrogens with one attached hydrogen (secondary N) is 1. The van der Waals surface area contributed by atoms with Gasteiger partial charge in [0.1, 0.15) is 0 Å². The fraction of sp³-hybridized carbons (Fsp3) is 0.909. The van der Waals surface area contributed by atoms with E-state index in [0.717, 1.165) is 13.0 Å². The van der Waals surface area contributed by atoms with Crippen LogP contribution in [0.2, 0.25) is 0 Å². The first-order valence-electron chi connectivity index (χ1n) is 5.65. The Kier molecular flexibility index (Phi) is 3.47. The predicted molar refractivity (Wildman–Crippen MR) is 60.4 cm³/mol. The summed E-state index contributed by atoms with van der Waals surface area (Å²) < 4.78 is 0. The van der Waals surface area contributed by atoms with Crippen molar-refractivity contribution in [3.63, 3.8) is 0 Å². The minimum atomic E-state index is 0.269. The highest BCUT2D eigenvalue weighted by molar-refractivity contribution is 9.09. The van der Waals surface area contributed by atoms with Crippen molar-refractivity contribution in [2.45, 2.75) is 43.4 Å². The van der Waals surface area contributed by atoms with Gasteiger partial charge in [0.2, 0.25) is 5.91 Å². The van der Waals surface area contributed by atoms with Crippen molar-refractivity contribution in [1.82, 2.24) is 5.32 Å². The van der Waals surface area contributed by atoms with Gasteiger partial charge in [-0.25, -0.2) is 0 Å². The molecular weight excluding hydrogens is 242 g/mol. The van der Waals surface area contributed by atoms with Crippen molar-refractivity contribution in [3.8, 4) is 0 Å². The van der Waals surface area contributed by atoms with Gasteiger partial charge in [0, 0.05) is 17.8 Å². The highest BCUT2D eigenvalue weighted by Crippen LogP contribution is 2.32. The van der Waals surface area contributed by atoms with Gasteiger partial charge in [-0.3, -0.25) is 4.79 Å². The maximum absolute atomic E-state index is 11.4. The average Bonchev–Trinajstić information content (AvgIpc) is 2.85. The first-order chi connectivity index (χ1) is 6.74. The molecule has 80 valence electrons. The number of amides is 1. The molecule has 0 aromatic carbocycles. The zero-order valence-electron chi connectivity index (χ0n) is 8.47. The summed E-state index contributed by atoms with van der Waals surface area (Å²) in [6.07, 6.45) is 7.05. The molecular formula is C11H18BrNO. The summed E-state index contributed by atoms with van der Waals surface area (Å²) >= 11 is 3.62. The summed E-state index contributed by atoms with van der Waals surface area (Å²) in [6.45, 7) is 0.896. The Hall–Kier alpha value is -0.0500. The largest absolute Gasteiger partial charge is 0.356 e. The van der Waals surface area contributed by atoms with Gasteiger partial charge in [-0.2, -0.15) is 0 Å². The third-order valence-electron chi connectivity index (χ3n) is 3.24. The minimum Gasteiger partial charge on any atom is -0.356 e. The topological polar surface area (TPSA) is 29.1 Å². The molecule has 1 amide bonds. The zero-order chi connectivity index (χ0) is 9.97. The van der Waals surface area contributed by atoms with Crippen LogP contribution in [0.1, 0.15) is 38.5 Å². The second-order valence-electron chi connectivity index (χ2n) is 4.73. The van der Waals surface area contributed by atoms with Crippen molar-refractivity contribution < 1.29 is 4.79 Å². The van der Waals surface area contributed by atoms with Crippen LogP contribution in [0.3, 0.4) is 0 Å². The fourth-order valence-electron chi connectivity index (χ4n) is 2.11. The molecule has 3 heteroatoms. The lowest BCUT2D eigenvalue weighted by atomic mass is 10.1. The molecule has 2 nitrogen and oxygen atoms in total. The molecule has 2 atom stereocenters. The number of carbonyl (C=O) groups excluding carboxylic acids is 1. The van der Waals surface area contributed by atoms with Gasteiger partial charge < -0.3 is 5.32 Å². The molecule has 0 saturated heterocycles. The molecule has 14 heavy (non-hydrogen) atoms. The van der Waals surface area contributed by atoms with E-state index >= 15 is 0 Å². The number of halogens is 1. The lowest BCUT2D eigenvalue weighted by Gasteiger charge is -2.10. The SMILES string of the molecule is O=C(CC1CC1)NCC1CCC(Br)C1. The maximum atomic E-state index is 11.4. The second kappa shape index (κ2) is 4.65. The van der Waals surface area contributed by atoms with Gasteiger partial charge >= 0.3 is 0 Å². The van der Waals surface area contributed by atoms with E-state index in [1.165, 1.54) is 32.1 Å². The van der Waals surface area contributed by atoms with Gasteiger partial charge in [-0.15, -0.1) is 0 Å². The number of carbonyl (C=O) groups is 1. The molecule has 0 aromatic rings. The predicted octanol–water partition coefficient (Wildman–Crippen LogP) is 2.47. The number of hydrogen-bond donors (Lipinski definition) is 1. The van der Waals surface area contributed by atoms with Crippen molar-refractivity contribution in [1.29, 1.82) is 0 Å². The summed E-state index contributed by atoms with van der Waals surface area (Å²) in [4.78, 5) is 12.1. The van der Waals surface area contributed by atoms with E-state index in [0.29, 0.717) is 16.7 Å². The van der Waals surface area contributed by atoms with E-state index in [2.05, 4.69) is 21.2 Å². The third kappa shape index (κ3) is 3.26. The van der Waals surface area contributed by atoms with Crippen LogP contribution in [0.25, 0.3) is 0 Å². The number of hydrogen-bond acceptors (Lipinski definition) is 1. The highest BCUT2D eigenvalue weighted by atomic mass is 79.9. The zero-order valence-corrected chi connectivity index (χ0v) is 10.1. The monoisotopic (exact) mass is 259 g/mol. The first-order valence-corrected chi connectivity index (χ1v) is 6.56. The summed E-state index contributed by atoms with van der Waals surface area (Å²) in [5.41, 5.74) is 0. The van der Waals surface area contributed by atoms with E-state index in [1.807, 2.05) is 0 Å². The Bertz CT molecular complexity index is 215. The molecule has 2 rings (SSSR count). The Morgan fingerprint density at radius 3 is 2.50 bits per heavy atom. The summed E-state index contributed by atoms with van der Waals surface area (Å²) in [6, 6.07) is 0. The lowest BCUT2D eigenvalue weighted by molar-refractivity contribution is -0.121. The summed E-state index contributed by atoms with van der Waals surface area (Å²) in [7, 11) is 0. The number of rotatable bonds is 4. The van der Waals surface area contributed by atoms with E-state index in [1.54, 1.807) is 0 Å². The van der Waals surface area contributed by atoms with Crippen LogP contribution >= 0.6 is 15.9 Å². The van der Waals surface area contributed by atoms with Crippen LogP contribution in [0.4, 0.5) is 0 Å². The molecule has 2 unspecified atom stereocenters. The fourth-order valence-corrected chi connectivity index (χ4v) is 2.91. The Labute approximate surface area is 94.0 Å². The molecule has 0 radical (unpaired) electrons. The van der Waals surface area contributed by atoms with Crippen molar-refractivity contribution >= 4 is 21.8 Å². The van der Waals surface area contributed by atoms with Crippen LogP contribution in [0.5, 0.6) is 0 Å². The normalized spacial score (nSPS) is 31.8. The van der Waals surface area contributed by atoms with Crippen molar-refractivity contribution in [3.05, 3.63) is 0 Å². The highest BCUT2D eigenvalue weighted by Gasteiger charge is 2.26. The van der Waals surface area contributed by atoms with E-state index in [4.69, 9.17) is 0 Å². The van der Waals surface area contributed by atoms with Gasteiger partial charge in [-0.05, 0) is 43.9 Å². The quantitative estimate of drug-likeness (QED) is 0.773. The van der Waals surface area contributed by atoms with Crippen LogP contribution in [0, 0.1) is 11.8 Å². The molecule has 0 bridgehead atoms. The van der Waals surface area contributed by atoms with Gasteiger partial charge in [0.05, 0.1) is 0 Å². The van der Waals surface area contributed by atoms with E-state index in [-0.39, 0.29) is 5.91 Å². The Morgan fingerprint density at radius 2 is 1.93 bits per heavy atom. The van der Waals surface area contributed by atoms with Crippen LogP contribution in [0.15, 0.2) is 0 Å². The summed E-state index contributed by atoms with van der Waals surface area (Å²) in [5, 5.41) is 3.06. The van der Waals surface area contributed by atoms with Crippen molar-refractivity contribution in [2.24, 2.45) is 11.8 Å². The smallest absolute Gasteiger partial charge is 0.220 e. The summed E-state index contributed by atoms with van der Waals surface area (Å²) in [5.74, 6) is 1.69. The maximum Gasteiger partial charge on any atom is 0.220 e. The molecule has 2 aliphatic rings. The molecule has 0 aliphatic heterocycles.